The number of hydrogen-bond donors (Lipinski definition) is 0. The van der Waals surface area contributed by atoms with Crippen molar-refractivity contribution in [3.05, 3.63) is 50.9 Å². The number of aromatic nitrogens is 3. The highest BCUT2D eigenvalue weighted by Crippen LogP contribution is 2.30. The van der Waals surface area contributed by atoms with Gasteiger partial charge in [-0.05, 0) is 68.5 Å². The Hall–Kier alpha value is -2.56. The van der Waals surface area contributed by atoms with E-state index < -0.39 is 0 Å². The molecular formula is C21H27N3O2. The largest absolute Gasteiger partial charge is 0.497 e. The molecule has 1 aromatic carbocycles. The van der Waals surface area contributed by atoms with Crippen molar-refractivity contribution >= 4 is 5.52 Å². The number of rotatable bonds is 4. The average molecular weight is 353 g/mol. The van der Waals surface area contributed by atoms with Crippen LogP contribution < -0.4 is 10.3 Å². The molecule has 2 aromatic heterocycles. The maximum atomic E-state index is 13.3. The third kappa shape index (κ3) is 2.71. The number of benzene rings is 1. The molecule has 0 aliphatic rings. The van der Waals surface area contributed by atoms with Gasteiger partial charge in [0, 0.05) is 17.8 Å². The molecule has 0 bridgehead atoms. The van der Waals surface area contributed by atoms with E-state index in [0.29, 0.717) is 17.9 Å². The van der Waals surface area contributed by atoms with Crippen LogP contribution in [0.2, 0.25) is 0 Å². The molecule has 0 spiro atoms. The first kappa shape index (κ1) is 18.2. The first-order chi connectivity index (χ1) is 12.3. The zero-order valence-electron chi connectivity index (χ0n) is 16.7. The summed E-state index contributed by atoms with van der Waals surface area (Å²) in [5, 5.41) is 4.90. The van der Waals surface area contributed by atoms with Crippen LogP contribution in [0.15, 0.2) is 23.0 Å². The van der Waals surface area contributed by atoms with Crippen molar-refractivity contribution < 1.29 is 4.74 Å². The second kappa shape index (κ2) is 6.63. The van der Waals surface area contributed by atoms with Crippen LogP contribution in [0.25, 0.3) is 16.9 Å². The predicted molar refractivity (Wildman–Crippen MR) is 105 cm³/mol. The lowest BCUT2D eigenvalue weighted by atomic mass is 10.0. The summed E-state index contributed by atoms with van der Waals surface area (Å²) in [6, 6.07) is 6.05. The minimum atomic E-state index is 0.0175. The summed E-state index contributed by atoms with van der Waals surface area (Å²) >= 11 is 0. The van der Waals surface area contributed by atoms with E-state index >= 15 is 0 Å². The maximum Gasteiger partial charge on any atom is 0.278 e. The molecule has 0 saturated heterocycles. The van der Waals surface area contributed by atoms with E-state index in [9.17, 15) is 4.79 Å². The summed E-state index contributed by atoms with van der Waals surface area (Å²) in [7, 11) is 1.66. The fourth-order valence-electron chi connectivity index (χ4n) is 3.68. The Morgan fingerprint density at radius 1 is 1.12 bits per heavy atom. The van der Waals surface area contributed by atoms with Gasteiger partial charge in [0.2, 0.25) is 0 Å². The maximum absolute atomic E-state index is 13.3. The molecule has 0 radical (unpaired) electrons. The van der Waals surface area contributed by atoms with E-state index in [0.717, 1.165) is 33.7 Å². The molecule has 0 unspecified atom stereocenters. The molecule has 0 fully saturated rings. The fourth-order valence-corrected chi connectivity index (χ4v) is 3.68. The summed E-state index contributed by atoms with van der Waals surface area (Å²) in [6.07, 6.45) is 0. The molecule has 5 nitrogen and oxygen atoms in total. The Morgan fingerprint density at radius 2 is 1.73 bits per heavy atom. The molecule has 26 heavy (non-hydrogen) atoms. The lowest BCUT2D eigenvalue weighted by Crippen LogP contribution is -2.26. The average Bonchev–Trinajstić information content (AvgIpc) is 2.92. The molecule has 138 valence electrons. The van der Waals surface area contributed by atoms with Crippen LogP contribution in [0.1, 0.15) is 49.1 Å². The van der Waals surface area contributed by atoms with Gasteiger partial charge in [-0.15, -0.1) is 5.10 Å². The van der Waals surface area contributed by atoms with Gasteiger partial charge in [-0.1, -0.05) is 13.8 Å². The number of nitrogens with zero attached hydrogens (tertiary/aromatic N) is 3. The van der Waals surface area contributed by atoms with Gasteiger partial charge in [-0.25, -0.2) is 4.52 Å². The van der Waals surface area contributed by atoms with Gasteiger partial charge in [0.15, 0.2) is 5.82 Å². The predicted octanol–water partition coefficient (Wildman–Crippen LogP) is 4.24. The lowest BCUT2D eigenvalue weighted by molar-refractivity contribution is 0.414. The zero-order chi connectivity index (χ0) is 19.2. The van der Waals surface area contributed by atoms with Crippen LogP contribution in [0, 0.1) is 20.8 Å². The van der Waals surface area contributed by atoms with E-state index in [1.54, 1.807) is 11.7 Å². The number of aryl methyl sites for hydroxylation is 3. The van der Waals surface area contributed by atoms with Gasteiger partial charge in [0.25, 0.3) is 5.56 Å². The summed E-state index contributed by atoms with van der Waals surface area (Å²) in [4.78, 5) is 13.3. The number of methoxy groups -OCH3 is 1. The van der Waals surface area contributed by atoms with Crippen molar-refractivity contribution in [2.75, 3.05) is 7.11 Å². The van der Waals surface area contributed by atoms with Crippen molar-refractivity contribution in [3.8, 4) is 17.1 Å². The molecule has 0 aliphatic carbocycles. The van der Waals surface area contributed by atoms with Gasteiger partial charge in [0.05, 0.1) is 7.11 Å². The fraction of sp³-hybridized carbons (Fsp3) is 0.429. The van der Waals surface area contributed by atoms with Gasteiger partial charge in [-0.3, -0.25) is 9.36 Å². The highest BCUT2D eigenvalue weighted by atomic mass is 16.5. The second-order valence-electron chi connectivity index (χ2n) is 7.17. The van der Waals surface area contributed by atoms with Crippen LogP contribution >= 0.6 is 0 Å². The Morgan fingerprint density at radius 3 is 2.23 bits per heavy atom. The smallest absolute Gasteiger partial charge is 0.278 e. The van der Waals surface area contributed by atoms with Crippen molar-refractivity contribution in [2.45, 2.75) is 54.0 Å². The summed E-state index contributed by atoms with van der Waals surface area (Å²) in [6.45, 7) is 12.8. The molecular weight excluding hydrogens is 326 g/mol. The van der Waals surface area contributed by atoms with E-state index in [-0.39, 0.29) is 11.5 Å². The van der Waals surface area contributed by atoms with E-state index in [2.05, 4.69) is 19.9 Å². The standard InChI is InChI=1S/C21H27N3O2/c1-8-23-20(18-13(4)9-16(26-7)10-14(18)5)22-24-15(6)11-17(12(2)3)19(24)21(23)25/h9-12H,8H2,1-7H3. The Bertz CT molecular complexity index is 1020. The van der Waals surface area contributed by atoms with Gasteiger partial charge in [0.1, 0.15) is 11.3 Å². The van der Waals surface area contributed by atoms with Crippen molar-refractivity contribution in [2.24, 2.45) is 0 Å². The Balaban J connectivity index is 2.42. The molecule has 0 amide bonds. The first-order valence-corrected chi connectivity index (χ1v) is 9.08. The van der Waals surface area contributed by atoms with Crippen molar-refractivity contribution in [1.82, 2.24) is 14.2 Å². The minimum Gasteiger partial charge on any atom is -0.497 e. The van der Waals surface area contributed by atoms with Crippen LogP contribution in [0.4, 0.5) is 0 Å². The number of fused-ring (bicyclic) bond motifs is 1. The Kier molecular flexibility index (Phi) is 4.65. The minimum absolute atomic E-state index is 0.0175. The van der Waals surface area contributed by atoms with Crippen LogP contribution in [0.5, 0.6) is 5.75 Å². The quantitative estimate of drug-likeness (QED) is 0.705. The summed E-state index contributed by atoms with van der Waals surface area (Å²) < 4.78 is 8.96. The molecule has 3 rings (SSSR count). The SMILES string of the molecule is CCn1c(-c2c(C)cc(OC)cc2C)nn2c(C)cc(C(C)C)c2c1=O. The normalized spacial score (nSPS) is 11.5. The molecule has 0 saturated carbocycles. The van der Waals surface area contributed by atoms with Crippen molar-refractivity contribution in [3.63, 3.8) is 0 Å². The van der Waals surface area contributed by atoms with E-state index in [1.165, 1.54) is 0 Å². The van der Waals surface area contributed by atoms with Crippen LogP contribution in [-0.2, 0) is 6.54 Å². The van der Waals surface area contributed by atoms with Crippen molar-refractivity contribution in [1.29, 1.82) is 0 Å². The highest BCUT2D eigenvalue weighted by Gasteiger charge is 2.21. The van der Waals surface area contributed by atoms with Crippen LogP contribution in [-0.4, -0.2) is 21.3 Å². The summed E-state index contributed by atoms with van der Waals surface area (Å²) in [5.41, 5.74) is 5.82. The van der Waals surface area contributed by atoms with Crippen LogP contribution in [0.3, 0.4) is 0 Å². The number of ether oxygens (including phenoxy) is 1. The third-order valence-electron chi connectivity index (χ3n) is 4.99. The van der Waals surface area contributed by atoms with Gasteiger partial charge >= 0.3 is 0 Å². The number of hydrogen-bond acceptors (Lipinski definition) is 3. The van der Waals surface area contributed by atoms with Gasteiger partial charge < -0.3 is 4.74 Å². The first-order valence-electron chi connectivity index (χ1n) is 9.08. The Labute approximate surface area is 154 Å². The zero-order valence-corrected chi connectivity index (χ0v) is 16.7. The highest BCUT2D eigenvalue weighted by molar-refractivity contribution is 5.68. The topological polar surface area (TPSA) is 48.5 Å². The molecule has 5 heteroatoms. The molecule has 0 aliphatic heterocycles. The lowest BCUT2D eigenvalue weighted by Gasteiger charge is -2.17. The molecule has 0 atom stereocenters. The second-order valence-corrected chi connectivity index (χ2v) is 7.17. The molecule has 2 heterocycles. The molecule has 0 N–H and O–H groups in total. The molecule has 3 aromatic rings. The van der Waals surface area contributed by atoms with Gasteiger partial charge in [-0.2, -0.15) is 0 Å². The monoisotopic (exact) mass is 353 g/mol. The summed E-state index contributed by atoms with van der Waals surface area (Å²) in [5.74, 6) is 1.79. The third-order valence-corrected chi connectivity index (χ3v) is 4.99. The van der Waals surface area contributed by atoms with E-state index in [4.69, 9.17) is 9.84 Å². The van der Waals surface area contributed by atoms with E-state index in [1.807, 2.05) is 44.3 Å².